The van der Waals surface area contributed by atoms with Crippen molar-refractivity contribution in [2.75, 3.05) is 4.90 Å². The highest BCUT2D eigenvalue weighted by Gasteiger charge is 2.35. The van der Waals surface area contributed by atoms with E-state index < -0.39 is 0 Å². The standard InChI is InChI=1S/C53H52N2O/c1-8-11-22-50-37(5)47-35-52-40(19-14-12-13-18-36(4)56-52)33-51(47)55(50)43-29-27-42(28-30-43)54(41-25-23-39(24-26-41)38(10-3)17-9-2)44-31-32-46-45-20-15-16-21-48(45)53(6,7)49(46)34-44/h8-10,12-18,20-21,23-36H,1,11,19,22H2,2-7H3/b14-12-,17-9-,18-13-,38-10+. The van der Waals surface area contributed by atoms with E-state index in [2.05, 4.69) is 203 Å². The Bertz CT molecular complexity index is 2550. The average Bonchev–Trinajstić information content (AvgIpc) is 3.64. The Morgan fingerprint density at radius 3 is 2.30 bits per heavy atom. The van der Waals surface area contributed by atoms with Crippen molar-refractivity contribution in [1.82, 2.24) is 4.57 Å². The van der Waals surface area contributed by atoms with Gasteiger partial charge in [0.05, 0.1) is 5.52 Å². The molecule has 6 aromatic rings. The van der Waals surface area contributed by atoms with Crippen LogP contribution < -0.4 is 9.64 Å². The lowest BCUT2D eigenvalue weighted by atomic mass is 9.82. The van der Waals surface area contributed by atoms with Crippen LogP contribution in [0, 0.1) is 6.92 Å². The van der Waals surface area contributed by atoms with Crippen molar-refractivity contribution in [3.05, 3.63) is 192 Å². The third-order valence-electron chi connectivity index (χ3n) is 11.7. The molecule has 8 rings (SSSR count). The molecule has 0 bridgehead atoms. The van der Waals surface area contributed by atoms with Gasteiger partial charge in [-0.3, -0.25) is 0 Å². The predicted molar refractivity (Wildman–Crippen MR) is 239 cm³/mol. The summed E-state index contributed by atoms with van der Waals surface area (Å²) in [6, 6.07) is 38.6. The van der Waals surface area contributed by atoms with Gasteiger partial charge in [-0.2, -0.15) is 0 Å². The number of hydrogen-bond donors (Lipinski definition) is 0. The Balaban J connectivity index is 1.26. The minimum Gasteiger partial charge on any atom is -0.486 e. The number of allylic oxidation sites excluding steroid dienone is 8. The van der Waals surface area contributed by atoms with Gasteiger partial charge < -0.3 is 14.2 Å². The molecule has 0 spiro atoms. The molecule has 3 heteroatoms. The molecule has 280 valence electrons. The predicted octanol–water partition coefficient (Wildman–Crippen LogP) is 14.2. The van der Waals surface area contributed by atoms with Crippen LogP contribution in [0.25, 0.3) is 33.3 Å². The Morgan fingerprint density at radius 1 is 0.857 bits per heavy atom. The van der Waals surface area contributed by atoms with Gasteiger partial charge in [-0.25, -0.2) is 0 Å². The zero-order valence-electron chi connectivity index (χ0n) is 33.6. The highest BCUT2D eigenvalue weighted by molar-refractivity contribution is 5.90. The summed E-state index contributed by atoms with van der Waals surface area (Å²) in [5.74, 6) is 0.960. The molecule has 1 aromatic heterocycles. The molecule has 1 aliphatic carbocycles. The first-order chi connectivity index (χ1) is 27.2. The van der Waals surface area contributed by atoms with Crippen LogP contribution in [0.2, 0.25) is 0 Å². The summed E-state index contributed by atoms with van der Waals surface area (Å²) in [4.78, 5) is 2.40. The van der Waals surface area contributed by atoms with Crippen molar-refractivity contribution in [1.29, 1.82) is 0 Å². The summed E-state index contributed by atoms with van der Waals surface area (Å²) in [6.07, 6.45) is 19.6. The Labute approximate surface area is 333 Å². The Hall–Kier alpha value is -6.06. The van der Waals surface area contributed by atoms with Crippen LogP contribution in [0.3, 0.4) is 0 Å². The maximum atomic E-state index is 6.48. The molecule has 0 N–H and O–H groups in total. The van der Waals surface area contributed by atoms with Gasteiger partial charge in [0.2, 0.25) is 0 Å². The number of aromatic nitrogens is 1. The topological polar surface area (TPSA) is 17.4 Å². The van der Waals surface area contributed by atoms with Crippen LogP contribution in [0.4, 0.5) is 17.1 Å². The van der Waals surface area contributed by atoms with E-state index >= 15 is 0 Å². The van der Waals surface area contributed by atoms with E-state index in [0.717, 1.165) is 47.8 Å². The lowest BCUT2D eigenvalue weighted by molar-refractivity contribution is 0.268. The van der Waals surface area contributed by atoms with E-state index in [-0.39, 0.29) is 11.5 Å². The molecule has 2 aliphatic rings. The summed E-state index contributed by atoms with van der Waals surface area (Å²) < 4.78 is 8.94. The largest absolute Gasteiger partial charge is 0.486 e. The van der Waals surface area contributed by atoms with Crippen molar-refractivity contribution in [2.45, 2.75) is 72.3 Å². The van der Waals surface area contributed by atoms with E-state index in [0.29, 0.717) is 0 Å². The summed E-state index contributed by atoms with van der Waals surface area (Å²) >= 11 is 0. The lowest BCUT2D eigenvalue weighted by Gasteiger charge is -2.28. The second kappa shape index (κ2) is 15.2. The fraction of sp³-hybridized carbons (Fsp3) is 0.208. The third kappa shape index (κ3) is 6.56. The van der Waals surface area contributed by atoms with E-state index in [1.807, 2.05) is 6.08 Å². The number of rotatable bonds is 9. The molecule has 56 heavy (non-hydrogen) atoms. The maximum absolute atomic E-state index is 6.48. The average molecular weight is 733 g/mol. The van der Waals surface area contributed by atoms with Crippen molar-refractivity contribution in [3.8, 4) is 22.6 Å². The van der Waals surface area contributed by atoms with Crippen LogP contribution in [0.15, 0.2) is 158 Å². The van der Waals surface area contributed by atoms with E-state index in [1.54, 1.807) is 0 Å². The first-order valence-corrected chi connectivity index (χ1v) is 20.1. The molecule has 5 aromatic carbocycles. The van der Waals surface area contributed by atoms with Gasteiger partial charge in [0.15, 0.2) is 0 Å². The van der Waals surface area contributed by atoms with Crippen molar-refractivity contribution < 1.29 is 4.74 Å². The van der Waals surface area contributed by atoms with Crippen LogP contribution in [0.1, 0.15) is 74.6 Å². The van der Waals surface area contributed by atoms with E-state index in [9.17, 15) is 0 Å². The maximum Gasteiger partial charge on any atom is 0.124 e. The minimum atomic E-state index is -0.102. The van der Waals surface area contributed by atoms with Crippen LogP contribution >= 0.6 is 0 Å². The summed E-state index contributed by atoms with van der Waals surface area (Å²) in [7, 11) is 0. The minimum absolute atomic E-state index is 0.00586. The van der Waals surface area contributed by atoms with Gasteiger partial charge in [-0.15, -0.1) is 6.58 Å². The van der Waals surface area contributed by atoms with E-state index in [4.69, 9.17) is 4.74 Å². The molecule has 3 nitrogen and oxygen atoms in total. The van der Waals surface area contributed by atoms with Crippen LogP contribution in [-0.2, 0) is 18.3 Å². The molecule has 2 heterocycles. The first-order valence-electron chi connectivity index (χ1n) is 20.1. The first kappa shape index (κ1) is 36.9. The monoisotopic (exact) mass is 732 g/mol. The molecule has 0 fully saturated rings. The van der Waals surface area contributed by atoms with Crippen molar-refractivity contribution in [2.24, 2.45) is 0 Å². The van der Waals surface area contributed by atoms with E-state index in [1.165, 1.54) is 61.1 Å². The number of aryl methyl sites for hydroxylation is 1. The smallest absolute Gasteiger partial charge is 0.124 e. The molecule has 0 amide bonds. The SMILES string of the molecule is C=CCCc1c(C)c2cc3c(cc2n1-c1ccc(N(c2ccc(C(/C=C\C)=C/C)cc2)c2ccc4c(c2)C(C)(C)c2ccccc2-4)cc1)C/C=C\C=C/C(C)O3. The number of benzene rings is 5. The molecule has 0 saturated carbocycles. The molecular formula is C53H52N2O. The normalized spacial score (nSPS) is 17.0. The van der Waals surface area contributed by atoms with Gasteiger partial charge in [-0.05, 0) is 153 Å². The number of fused-ring (bicyclic) bond motifs is 5. The molecule has 0 radical (unpaired) electrons. The fourth-order valence-corrected chi connectivity index (χ4v) is 8.77. The molecule has 0 saturated heterocycles. The third-order valence-corrected chi connectivity index (χ3v) is 11.7. The summed E-state index contributed by atoms with van der Waals surface area (Å²) in [6.45, 7) is 17.3. The lowest BCUT2D eigenvalue weighted by Crippen LogP contribution is -2.16. The molecular weight excluding hydrogens is 681 g/mol. The second-order valence-corrected chi connectivity index (χ2v) is 15.6. The number of nitrogens with zero attached hydrogens (tertiary/aromatic N) is 2. The highest BCUT2D eigenvalue weighted by atomic mass is 16.5. The second-order valence-electron chi connectivity index (χ2n) is 15.6. The number of hydrogen-bond acceptors (Lipinski definition) is 2. The van der Waals surface area contributed by atoms with Gasteiger partial charge in [0.1, 0.15) is 11.9 Å². The van der Waals surface area contributed by atoms with Gasteiger partial charge in [0.25, 0.3) is 0 Å². The van der Waals surface area contributed by atoms with Crippen molar-refractivity contribution >= 4 is 33.5 Å². The van der Waals surface area contributed by atoms with Gasteiger partial charge in [0, 0.05) is 44.8 Å². The summed E-state index contributed by atoms with van der Waals surface area (Å²) in [5.41, 5.74) is 17.2. The highest BCUT2D eigenvalue weighted by Crippen LogP contribution is 2.50. The van der Waals surface area contributed by atoms with Gasteiger partial charge in [-0.1, -0.05) is 98.8 Å². The number of ether oxygens (including phenoxy) is 1. The van der Waals surface area contributed by atoms with Crippen molar-refractivity contribution in [3.63, 3.8) is 0 Å². The van der Waals surface area contributed by atoms with Crippen LogP contribution in [-0.4, -0.2) is 10.7 Å². The zero-order chi connectivity index (χ0) is 39.0. The quantitative estimate of drug-likeness (QED) is 0.109. The Morgan fingerprint density at radius 2 is 1.57 bits per heavy atom. The Kier molecular flexibility index (Phi) is 10.0. The molecule has 1 atom stereocenters. The fourth-order valence-electron chi connectivity index (χ4n) is 8.77. The molecule has 1 unspecified atom stereocenters. The van der Waals surface area contributed by atoms with Gasteiger partial charge >= 0.3 is 0 Å². The number of anilines is 3. The zero-order valence-corrected chi connectivity index (χ0v) is 33.6. The molecule has 1 aliphatic heterocycles. The summed E-state index contributed by atoms with van der Waals surface area (Å²) in [5, 5.41) is 1.23. The van der Waals surface area contributed by atoms with Crippen LogP contribution in [0.5, 0.6) is 5.75 Å².